The van der Waals surface area contributed by atoms with Crippen LogP contribution >= 0.6 is 11.6 Å². The van der Waals surface area contributed by atoms with E-state index in [1.54, 1.807) is 0 Å². The van der Waals surface area contributed by atoms with Gasteiger partial charge in [-0.15, -0.1) is 11.6 Å². The largest absolute Gasteiger partial charge is 0.390 e. The van der Waals surface area contributed by atoms with Gasteiger partial charge in [-0.25, -0.2) is 0 Å². The Morgan fingerprint density at radius 1 is 0.875 bits per heavy atom. The molecule has 0 spiro atoms. The van der Waals surface area contributed by atoms with Crippen molar-refractivity contribution < 1.29 is 5.11 Å². The Morgan fingerprint density at radius 3 is 1.71 bits per heavy atom. The number of rotatable bonds is 9. The normalized spacial score (nSPS) is 14.1. The van der Waals surface area contributed by atoms with Crippen LogP contribution in [0.25, 0.3) is 0 Å². The van der Waals surface area contributed by atoms with Crippen LogP contribution in [0.3, 0.4) is 0 Å². The molecule has 3 heteroatoms. The summed E-state index contributed by atoms with van der Waals surface area (Å²) in [4.78, 5) is 2.36. The van der Waals surface area contributed by atoms with Crippen molar-refractivity contribution in [2.45, 2.75) is 45.5 Å². The molecule has 0 heterocycles. The maximum absolute atomic E-state index is 10.5. The van der Waals surface area contributed by atoms with Crippen molar-refractivity contribution in [2.75, 3.05) is 5.88 Å². The first-order chi connectivity index (χ1) is 11.6. The Kier molecular flexibility index (Phi) is 7.77. The van der Waals surface area contributed by atoms with Gasteiger partial charge in [-0.2, -0.15) is 0 Å². The zero-order valence-electron chi connectivity index (χ0n) is 14.6. The maximum atomic E-state index is 10.5. The number of aliphatic hydroxyl groups is 1. The molecule has 130 valence electrons. The number of alkyl halides is 1. The maximum Gasteiger partial charge on any atom is 0.0830 e. The third-order valence-electron chi connectivity index (χ3n) is 4.24. The van der Waals surface area contributed by atoms with Crippen molar-refractivity contribution in [3.05, 3.63) is 71.8 Å². The minimum Gasteiger partial charge on any atom is -0.390 e. The van der Waals surface area contributed by atoms with Crippen LogP contribution in [-0.2, 0) is 13.1 Å². The molecule has 0 amide bonds. The van der Waals surface area contributed by atoms with Crippen LogP contribution in [0.2, 0.25) is 0 Å². The van der Waals surface area contributed by atoms with E-state index in [-0.39, 0.29) is 11.9 Å². The lowest BCUT2D eigenvalue weighted by Crippen LogP contribution is -2.44. The highest BCUT2D eigenvalue weighted by Gasteiger charge is 2.26. The van der Waals surface area contributed by atoms with Gasteiger partial charge in [0.2, 0.25) is 0 Å². The summed E-state index contributed by atoms with van der Waals surface area (Å²) < 4.78 is 0. The zero-order valence-corrected chi connectivity index (χ0v) is 15.4. The van der Waals surface area contributed by atoms with E-state index in [1.165, 1.54) is 11.1 Å². The topological polar surface area (TPSA) is 23.5 Å². The quantitative estimate of drug-likeness (QED) is 0.666. The smallest absolute Gasteiger partial charge is 0.0830 e. The van der Waals surface area contributed by atoms with Crippen LogP contribution < -0.4 is 0 Å². The number of benzene rings is 2. The predicted molar refractivity (Wildman–Crippen MR) is 102 cm³/mol. The van der Waals surface area contributed by atoms with E-state index in [2.05, 4.69) is 67.3 Å². The van der Waals surface area contributed by atoms with E-state index in [0.29, 0.717) is 5.92 Å². The van der Waals surface area contributed by atoms with Gasteiger partial charge in [-0.05, 0) is 23.5 Å². The number of aliphatic hydroxyl groups excluding tert-OH is 1. The Balaban J connectivity index is 2.24. The first-order valence-corrected chi connectivity index (χ1v) is 9.19. The van der Waals surface area contributed by atoms with Crippen LogP contribution in [0.4, 0.5) is 0 Å². The van der Waals surface area contributed by atoms with Gasteiger partial charge < -0.3 is 5.11 Å². The molecule has 0 saturated carbocycles. The molecule has 0 saturated heterocycles. The molecule has 1 N–H and O–H groups in total. The van der Waals surface area contributed by atoms with Gasteiger partial charge in [0.15, 0.2) is 0 Å². The van der Waals surface area contributed by atoms with E-state index in [0.717, 1.165) is 19.5 Å². The molecule has 2 aromatic carbocycles. The molecule has 0 aliphatic heterocycles. The van der Waals surface area contributed by atoms with Gasteiger partial charge in [0.25, 0.3) is 0 Å². The first-order valence-electron chi connectivity index (χ1n) is 8.66. The molecule has 2 nitrogen and oxygen atoms in total. The summed E-state index contributed by atoms with van der Waals surface area (Å²) in [5, 5.41) is 10.5. The fraction of sp³-hybridized carbons (Fsp3) is 0.429. The van der Waals surface area contributed by atoms with Gasteiger partial charge in [-0.1, -0.05) is 74.5 Å². The minimum absolute atomic E-state index is 0.0444. The minimum atomic E-state index is -0.526. The molecule has 0 radical (unpaired) electrons. The number of hydrogen-bond acceptors (Lipinski definition) is 2. The summed E-state index contributed by atoms with van der Waals surface area (Å²) in [7, 11) is 0. The van der Waals surface area contributed by atoms with Crippen molar-refractivity contribution in [2.24, 2.45) is 5.92 Å². The summed E-state index contributed by atoms with van der Waals surface area (Å²) in [6.45, 7) is 6.00. The Labute approximate surface area is 151 Å². The third-order valence-corrected chi connectivity index (χ3v) is 4.56. The SMILES string of the molecule is CC(C)CC(C(O)CCl)N(Cc1ccccc1)Cc1ccccc1. The van der Waals surface area contributed by atoms with Crippen LogP contribution in [0.1, 0.15) is 31.4 Å². The number of hydrogen-bond donors (Lipinski definition) is 1. The van der Waals surface area contributed by atoms with Crippen LogP contribution in [0, 0.1) is 5.92 Å². The van der Waals surface area contributed by atoms with Crippen molar-refractivity contribution in [3.63, 3.8) is 0 Å². The fourth-order valence-electron chi connectivity index (χ4n) is 3.06. The van der Waals surface area contributed by atoms with Crippen molar-refractivity contribution in [1.29, 1.82) is 0 Å². The molecule has 0 aliphatic rings. The lowest BCUT2D eigenvalue weighted by Gasteiger charge is -2.35. The molecule has 2 atom stereocenters. The summed E-state index contributed by atoms with van der Waals surface area (Å²) in [6, 6.07) is 20.9. The van der Waals surface area contributed by atoms with Gasteiger partial charge in [0.1, 0.15) is 0 Å². The zero-order chi connectivity index (χ0) is 17.4. The predicted octanol–water partition coefficient (Wildman–Crippen LogP) is 4.70. The molecule has 24 heavy (non-hydrogen) atoms. The molecule has 0 aliphatic carbocycles. The van der Waals surface area contributed by atoms with E-state index < -0.39 is 6.10 Å². The monoisotopic (exact) mass is 345 g/mol. The molecule has 0 bridgehead atoms. The van der Waals surface area contributed by atoms with Gasteiger partial charge >= 0.3 is 0 Å². The van der Waals surface area contributed by atoms with E-state index >= 15 is 0 Å². The second-order valence-corrected chi connectivity index (χ2v) is 7.10. The Morgan fingerprint density at radius 2 is 1.33 bits per heavy atom. The lowest BCUT2D eigenvalue weighted by atomic mass is 9.97. The molecular weight excluding hydrogens is 318 g/mol. The van der Waals surface area contributed by atoms with Crippen LogP contribution in [0.5, 0.6) is 0 Å². The lowest BCUT2D eigenvalue weighted by molar-refractivity contribution is 0.0405. The molecule has 0 fully saturated rings. The molecule has 2 rings (SSSR count). The highest BCUT2D eigenvalue weighted by molar-refractivity contribution is 6.18. The summed E-state index contributed by atoms with van der Waals surface area (Å²) >= 11 is 6.00. The van der Waals surface area contributed by atoms with Crippen LogP contribution in [0.15, 0.2) is 60.7 Å². The van der Waals surface area contributed by atoms with E-state index in [4.69, 9.17) is 11.6 Å². The van der Waals surface area contributed by atoms with E-state index in [1.807, 2.05) is 12.1 Å². The molecule has 0 aromatic heterocycles. The highest BCUT2D eigenvalue weighted by Crippen LogP contribution is 2.21. The second-order valence-electron chi connectivity index (χ2n) is 6.79. The highest BCUT2D eigenvalue weighted by atomic mass is 35.5. The van der Waals surface area contributed by atoms with Crippen molar-refractivity contribution in [3.8, 4) is 0 Å². The molecule has 2 aromatic rings. The second kappa shape index (κ2) is 9.83. The van der Waals surface area contributed by atoms with Gasteiger partial charge in [0, 0.05) is 25.0 Å². The first kappa shape index (κ1) is 19.0. The Bertz CT molecular complexity index is 531. The van der Waals surface area contributed by atoms with Crippen molar-refractivity contribution >= 4 is 11.6 Å². The average Bonchev–Trinajstić information content (AvgIpc) is 2.60. The summed E-state index contributed by atoms with van der Waals surface area (Å²) in [6.07, 6.45) is 0.398. The Hall–Kier alpha value is -1.35. The van der Waals surface area contributed by atoms with E-state index in [9.17, 15) is 5.11 Å². The summed E-state index contributed by atoms with van der Waals surface area (Å²) in [5.41, 5.74) is 2.51. The number of nitrogens with zero attached hydrogens (tertiary/aromatic N) is 1. The molecular formula is C21H28ClNO. The van der Waals surface area contributed by atoms with Crippen molar-refractivity contribution in [1.82, 2.24) is 4.90 Å². The van der Waals surface area contributed by atoms with Gasteiger partial charge in [0.05, 0.1) is 6.10 Å². The average molecular weight is 346 g/mol. The third kappa shape index (κ3) is 5.94. The van der Waals surface area contributed by atoms with Gasteiger partial charge in [-0.3, -0.25) is 4.90 Å². The standard InChI is InChI=1S/C21H28ClNO/c1-17(2)13-20(21(24)14-22)23(15-18-9-5-3-6-10-18)16-19-11-7-4-8-12-19/h3-12,17,20-21,24H,13-16H2,1-2H3. The molecule has 2 unspecified atom stereocenters. The van der Waals surface area contributed by atoms with Crippen LogP contribution in [-0.4, -0.2) is 28.0 Å². The number of halogens is 1. The fourth-order valence-corrected chi connectivity index (χ4v) is 3.27. The summed E-state index contributed by atoms with van der Waals surface area (Å²) in [5.74, 6) is 0.763.